The second-order valence-corrected chi connectivity index (χ2v) is 8.39. The number of ether oxygens (including phenoxy) is 1. The smallest absolute Gasteiger partial charge is 0.334 e. The van der Waals surface area contributed by atoms with E-state index in [2.05, 4.69) is 5.32 Å². The fourth-order valence-electron chi connectivity index (χ4n) is 3.18. The van der Waals surface area contributed by atoms with Crippen LogP contribution in [0.2, 0.25) is 0 Å². The molecule has 2 saturated heterocycles. The Kier molecular flexibility index (Phi) is 4.08. The number of β-lactam (4-membered cyclic amide) rings is 1. The maximum Gasteiger partial charge on any atom is 0.334 e. The fraction of sp³-hybridized carbons (Fsp3) is 0.533. The predicted octanol–water partition coefficient (Wildman–Crippen LogP) is -0.442. The molecule has 0 bridgehead atoms. The number of furan rings is 1. The van der Waals surface area contributed by atoms with Gasteiger partial charge in [0.05, 0.1) is 19.8 Å². The van der Waals surface area contributed by atoms with Crippen molar-refractivity contribution in [2.45, 2.75) is 42.5 Å². The Balaban J connectivity index is 1.74. The molecule has 2 aliphatic rings. The Morgan fingerprint density at radius 1 is 1.50 bits per heavy atom. The molecular formula is C15H18N2O6S. The molecule has 4 atom stereocenters. The molecule has 24 heavy (non-hydrogen) atoms. The van der Waals surface area contributed by atoms with Gasteiger partial charge in [-0.3, -0.25) is 14.5 Å². The molecule has 130 valence electrons. The van der Waals surface area contributed by atoms with E-state index in [-0.39, 0.29) is 6.42 Å². The van der Waals surface area contributed by atoms with Crippen molar-refractivity contribution < 1.29 is 28.1 Å². The van der Waals surface area contributed by atoms with E-state index in [1.54, 1.807) is 26.0 Å². The van der Waals surface area contributed by atoms with Crippen molar-refractivity contribution in [3.05, 3.63) is 24.2 Å². The average molecular weight is 354 g/mol. The number of hydrogen-bond donors (Lipinski definition) is 1. The highest BCUT2D eigenvalue weighted by Crippen LogP contribution is 2.46. The van der Waals surface area contributed by atoms with Crippen LogP contribution in [0.1, 0.15) is 19.6 Å². The minimum Gasteiger partial charge on any atom is -0.614 e. The van der Waals surface area contributed by atoms with Crippen LogP contribution in [-0.4, -0.2) is 56.6 Å². The van der Waals surface area contributed by atoms with E-state index < -0.39 is 51.2 Å². The van der Waals surface area contributed by atoms with Gasteiger partial charge in [0, 0.05) is 0 Å². The van der Waals surface area contributed by atoms with Gasteiger partial charge in [-0.05, 0) is 37.2 Å². The zero-order valence-electron chi connectivity index (χ0n) is 13.5. The summed E-state index contributed by atoms with van der Waals surface area (Å²) in [7, 11) is 1.22. The first kappa shape index (κ1) is 16.8. The maximum atomic E-state index is 12.7. The Morgan fingerprint density at radius 3 is 2.79 bits per heavy atom. The molecule has 3 unspecified atom stereocenters. The van der Waals surface area contributed by atoms with Crippen molar-refractivity contribution >= 4 is 29.0 Å². The number of nitrogens with one attached hydrogen (secondary N) is 1. The third-order valence-electron chi connectivity index (χ3n) is 4.41. The number of fused-ring (bicyclic) bond motifs is 1. The van der Waals surface area contributed by atoms with Crippen LogP contribution in [0.3, 0.4) is 0 Å². The van der Waals surface area contributed by atoms with E-state index >= 15 is 0 Å². The van der Waals surface area contributed by atoms with E-state index in [9.17, 15) is 18.9 Å². The van der Waals surface area contributed by atoms with E-state index in [1.165, 1.54) is 18.3 Å². The van der Waals surface area contributed by atoms with Gasteiger partial charge in [0.1, 0.15) is 5.76 Å². The molecule has 3 rings (SSSR count). The number of amides is 2. The van der Waals surface area contributed by atoms with Crippen LogP contribution >= 0.6 is 0 Å². The number of carbonyl (C=O) groups is 3. The van der Waals surface area contributed by atoms with Crippen LogP contribution in [0.5, 0.6) is 0 Å². The monoisotopic (exact) mass is 354 g/mol. The number of nitrogens with zero attached hydrogens (tertiary/aromatic N) is 1. The van der Waals surface area contributed by atoms with Gasteiger partial charge < -0.3 is 19.0 Å². The first-order chi connectivity index (χ1) is 11.3. The lowest BCUT2D eigenvalue weighted by molar-refractivity contribution is -0.162. The van der Waals surface area contributed by atoms with E-state index in [0.717, 1.165) is 0 Å². The van der Waals surface area contributed by atoms with Crippen LogP contribution in [0.25, 0.3) is 0 Å². The lowest BCUT2D eigenvalue weighted by Crippen LogP contribution is -2.72. The normalized spacial score (nSPS) is 30.5. The highest BCUT2D eigenvalue weighted by molar-refractivity contribution is 7.94. The summed E-state index contributed by atoms with van der Waals surface area (Å²) in [5, 5.41) is 1.86. The summed E-state index contributed by atoms with van der Waals surface area (Å²) in [6.07, 6.45) is 1.44. The minimum absolute atomic E-state index is 0.0139. The number of esters is 1. The quantitative estimate of drug-likeness (QED) is 0.446. The molecule has 0 aromatic carbocycles. The first-order valence-corrected chi connectivity index (χ1v) is 8.62. The zero-order valence-corrected chi connectivity index (χ0v) is 14.3. The lowest BCUT2D eigenvalue weighted by Gasteiger charge is -2.41. The molecule has 0 radical (unpaired) electrons. The number of rotatable bonds is 4. The Hall–Kier alpha value is -2.00. The standard InChI is InChI=1S/C15H18N2O6S/c1-15(2)11(14(20)22-3)17-12(19)10(13(17)24(15)21)16-9(18)7-8-5-4-6-23-8/h4-6,10-11,13H,7H2,1-3H3,(H,16,18)/t10?,11?,13-,24?/m0/s1. The van der Waals surface area contributed by atoms with Gasteiger partial charge in [0.25, 0.3) is 5.91 Å². The molecule has 3 heterocycles. The predicted molar refractivity (Wildman–Crippen MR) is 83.0 cm³/mol. The minimum atomic E-state index is -1.51. The fourth-order valence-corrected chi connectivity index (χ4v) is 5.10. The van der Waals surface area contributed by atoms with Crippen LogP contribution in [0.4, 0.5) is 0 Å². The summed E-state index contributed by atoms with van der Waals surface area (Å²) in [5.74, 6) is -0.970. The second kappa shape index (κ2) is 5.82. The van der Waals surface area contributed by atoms with Gasteiger partial charge in [0.2, 0.25) is 11.3 Å². The average Bonchev–Trinajstić information content (AvgIpc) is 3.09. The molecule has 2 fully saturated rings. The Morgan fingerprint density at radius 2 is 2.21 bits per heavy atom. The molecule has 1 N–H and O–H groups in total. The van der Waals surface area contributed by atoms with Crippen LogP contribution < -0.4 is 5.32 Å². The van der Waals surface area contributed by atoms with Gasteiger partial charge in [-0.2, -0.15) is 0 Å². The van der Waals surface area contributed by atoms with Crippen LogP contribution in [-0.2, 0) is 36.7 Å². The van der Waals surface area contributed by atoms with Crippen LogP contribution in [0.15, 0.2) is 22.8 Å². The van der Waals surface area contributed by atoms with Crippen molar-refractivity contribution in [3.63, 3.8) is 0 Å². The molecule has 2 amide bonds. The third kappa shape index (κ3) is 2.39. The van der Waals surface area contributed by atoms with Gasteiger partial charge in [-0.25, -0.2) is 4.79 Å². The topological polar surface area (TPSA) is 112 Å². The number of methoxy groups -OCH3 is 1. The molecule has 8 nitrogen and oxygen atoms in total. The summed E-state index contributed by atoms with van der Waals surface area (Å²) in [4.78, 5) is 37.7. The second-order valence-electron chi connectivity index (χ2n) is 6.26. The molecule has 0 spiro atoms. The van der Waals surface area contributed by atoms with Crippen molar-refractivity contribution in [2.24, 2.45) is 0 Å². The first-order valence-electron chi connectivity index (χ1n) is 7.41. The summed E-state index contributed by atoms with van der Waals surface area (Å²) < 4.78 is 21.6. The number of carbonyl (C=O) groups excluding carboxylic acids is 3. The van der Waals surface area contributed by atoms with E-state index in [4.69, 9.17) is 9.15 Å². The maximum absolute atomic E-state index is 12.7. The van der Waals surface area contributed by atoms with Crippen molar-refractivity contribution in [3.8, 4) is 0 Å². The highest BCUT2D eigenvalue weighted by Gasteiger charge is 2.73. The van der Waals surface area contributed by atoms with Crippen molar-refractivity contribution in [1.82, 2.24) is 10.2 Å². The highest BCUT2D eigenvalue weighted by atomic mass is 32.2. The molecule has 0 aliphatic carbocycles. The summed E-state index contributed by atoms with van der Waals surface area (Å²) in [5.41, 5.74) is 0. The Labute approximate surface area is 141 Å². The molecular weight excluding hydrogens is 336 g/mol. The summed E-state index contributed by atoms with van der Waals surface area (Å²) in [6.45, 7) is 3.30. The van der Waals surface area contributed by atoms with E-state index in [1.807, 2.05) is 0 Å². The molecule has 0 saturated carbocycles. The third-order valence-corrected chi connectivity index (χ3v) is 6.61. The van der Waals surface area contributed by atoms with Crippen molar-refractivity contribution in [2.75, 3.05) is 7.11 Å². The Bertz CT molecular complexity index is 674. The molecule has 2 aliphatic heterocycles. The number of hydrogen-bond acceptors (Lipinski definition) is 6. The lowest BCUT2D eigenvalue weighted by atomic mass is 9.96. The van der Waals surface area contributed by atoms with E-state index in [0.29, 0.717) is 5.76 Å². The van der Waals surface area contributed by atoms with Gasteiger partial charge in [-0.1, -0.05) is 0 Å². The summed E-state index contributed by atoms with van der Waals surface area (Å²) >= 11 is -1.51. The largest absolute Gasteiger partial charge is 0.614 e. The van der Waals surface area contributed by atoms with Crippen molar-refractivity contribution in [1.29, 1.82) is 0 Å². The molecule has 1 aromatic heterocycles. The van der Waals surface area contributed by atoms with Gasteiger partial charge >= 0.3 is 5.97 Å². The van der Waals surface area contributed by atoms with Gasteiger partial charge in [-0.15, -0.1) is 0 Å². The molecule has 1 aromatic rings. The molecule has 9 heteroatoms. The van der Waals surface area contributed by atoms with Gasteiger partial charge in [0.15, 0.2) is 16.8 Å². The summed E-state index contributed by atoms with van der Waals surface area (Å²) in [6, 6.07) is 1.49. The van der Waals surface area contributed by atoms with Crippen LogP contribution in [0, 0.1) is 0 Å². The zero-order chi connectivity index (χ0) is 17.6. The SMILES string of the molecule is COC(=O)C1N2C(=O)C(NC(=O)Cc3ccco3)[C@@H]2[S+]([O-])C1(C)C.